The van der Waals surface area contributed by atoms with Crippen molar-refractivity contribution in [1.82, 2.24) is 10.6 Å². The third-order valence-electron chi connectivity index (χ3n) is 4.42. The van der Waals surface area contributed by atoms with Crippen LogP contribution in [0.2, 0.25) is 0 Å². The smallest absolute Gasteiger partial charge is 0.408 e. The zero-order chi connectivity index (χ0) is 24.1. The van der Waals surface area contributed by atoms with Crippen molar-refractivity contribution in [3.8, 4) is 5.75 Å². The zero-order valence-corrected chi connectivity index (χ0v) is 19.5. The van der Waals surface area contributed by atoms with Crippen LogP contribution < -0.4 is 10.6 Å². The van der Waals surface area contributed by atoms with E-state index in [1.807, 2.05) is 0 Å². The number of phenols is 1. The molecule has 1 aromatic carbocycles. The van der Waals surface area contributed by atoms with Crippen LogP contribution in [0.5, 0.6) is 5.75 Å². The van der Waals surface area contributed by atoms with Gasteiger partial charge in [-0.15, -0.1) is 0 Å². The van der Waals surface area contributed by atoms with E-state index in [1.165, 1.54) is 24.9 Å². The van der Waals surface area contributed by atoms with Crippen molar-refractivity contribution < 1.29 is 38.5 Å². The lowest BCUT2D eigenvalue weighted by atomic mass is 10.0. The molecule has 10 nitrogen and oxygen atoms in total. The number of nitrogens with one attached hydrogen (secondary N) is 2. The summed E-state index contributed by atoms with van der Waals surface area (Å²) in [6.45, 7) is 6.15. The fraction of sp³-hybridized carbons (Fsp3) is 0.524. The molecular weight excluding hydrogens is 440 g/mol. The summed E-state index contributed by atoms with van der Waals surface area (Å²) in [4.78, 5) is 50.0. The first-order valence-corrected chi connectivity index (χ1v) is 11.0. The predicted octanol–water partition coefficient (Wildman–Crippen LogP) is 1.66. The summed E-state index contributed by atoms with van der Waals surface area (Å²) in [5.41, 5.74) is 0.281. The van der Waals surface area contributed by atoms with E-state index in [2.05, 4.69) is 10.6 Å². The molecule has 0 saturated heterocycles. The van der Waals surface area contributed by atoms with Gasteiger partial charge in [-0.1, -0.05) is 6.07 Å². The van der Waals surface area contributed by atoms with Crippen molar-refractivity contribution in [2.24, 2.45) is 0 Å². The van der Waals surface area contributed by atoms with Gasteiger partial charge in [-0.25, -0.2) is 14.4 Å². The third-order valence-corrected chi connectivity index (χ3v) is 5.48. The summed E-state index contributed by atoms with van der Waals surface area (Å²) in [5.74, 6) is -1.95. The minimum atomic E-state index is -1.33. The molecular formula is C21H28N2O8S. The first-order chi connectivity index (χ1) is 14.9. The van der Waals surface area contributed by atoms with Crippen LogP contribution in [0.15, 0.2) is 12.1 Å². The maximum absolute atomic E-state index is 12.8. The molecule has 1 aliphatic rings. The number of methoxy groups -OCH3 is 1. The summed E-state index contributed by atoms with van der Waals surface area (Å²) in [6.07, 6.45) is -0.890. The Balaban J connectivity index is 2.37. The highest BCUT2D eigenvalue weighted by atomic mass is 32.2. The van der Waals surface area contributed by atoms with Crippen molar-refractivity contribution in [2.75, 3.05) is 19.5 Å². The molecule has 0 saturated carbocycles. The minimum absolute atomic E-state index is 0.0887. The van der Waals surface area contributed by atoms with Crippen LogP contribution in [0.3, 0.4) is 0 Å². The van der Waals surface area contributed by atoms with Gasteiger partial charge in [-0.3, -0.25) is 4.79 Å². The normalized spacial score (nSPS) is 19.9. The van der Waals surface area contributed by atoms with Crippen LogP contribution in [0, 0.1) is 6.92 Å². The molecule has 0 spiro atoms. The van der Waals surface area contributed by atoms with Gasteiger partial charge in [-0.05, 0) is 39.3 Å². The van der Waals surface area contributed by atoms with Crippen LogP contribution in [0.1, 0.15) is 42.3 Å². The van der Waals surface area contributed by atoms with Gasteiger partial charge in [0, 0.05) is 17.1 Å². The van der Waals surface area contributed by atoms with Gasteiger partial charge in [0.25, 0.3) is 0 Å². The monoisotopic (exact) mass is 468 g/mol. The van der Waals surface area contributed by atoms with Crippen LogP contribution in [-0.4, -0.2) is 66.2 Å². The maximum atomic E-state index is 12.8. The molecule has 2 amide bonds. The second-order valence-electron chi connectivity index (χ2n) is 8.15. The Hall–Kier alpha value is -2.95. The summed E-state index contributed by atoms with van der Waals surface area (Å²) >= 11 is 1.22. The van der Waals surface area contributed by atoms with E-state index in [-0.39, 0.29) is 22.8 Å². The van der Waals surface area contributed by atoms with Crippen molar-refractivity contribution >= 4 is 35.7 Å². The molecule has 1 aromatic rings. The Morgan fingerprint density at radius 1 is 1.28 bits per heavy atom. The van der Waals surface area contributed by atoms with Crippen LogP contribution in [0.25, 0.3) is 0 Å². The number of alkyl carbamates (subject to hydrolysis) is 1. The molecule has 2 rings (SSSR count). The molecule has 1 heterocycles. The Bertz CT molecular complexity index is 897. The van der Waals surface area contributed by atoms with Crippen LogP contribution in [0.4, 0.5) is 4.79 Å². The number of aromatic hydroxyl groups is 1. The van der Waals surface area contributed by atoms with Crippen molar-refractivity contribution in [3.05, 3.63) is 28.8 Å². The average molecular weight is 469 g/mol. The molecule has 0 unspecified atom stereocenters. The third kappa shape index (κ3) is 6.78. The molecule has 2 atom stereocenters. The van der Waals surface area contributed by atoms with E-state index in [1.54, 1.807) is 33.8 Å². The summed E-state index contributed by atoms with van der Waals surface area (Å²) < 4.78 is 15.2. The van der Waals surface area contributed by atoms with Gasteiger partial charge in [0.05, 0.1) is 12.7 Å². The number of carbonyl (C=O) groups excluding carboxylic acids is 4. The van der Waals surface area contributed by atoms with E-state index in [0.29, 0.717) is 11.1 Å². The van der Waals surface area contributed by atoms with Gasteiger partial charge in [0.1, 0.15) is 30.0 Å². The second kappa shape index (κ2) is 10.6. The SMILES string of the molecule is COC(=O)[C@@H]1CSCc2c(O)ccc(C)c2C(=O)OC[C@H](NC(=O)OC(C)(C)C)C(=O)N1. The van der Waals surface area contributed by atoms with E-state index in [0.717, 1.165) is 0 Å². The predicted molar refractivity (Wildman–Crippen MR) is 116 cm³/mol. The molecule has 1 aliphatic heterocycles. The summed E-state index contributed by atoms with van der Waals surface area (Å²) in [7, 11) is 1.19. The number of cyclic esters (lactones) is 1. The topological polar surface area (TPSA) is 140 Å². The van der Waals surface area contributed by atoms with Crippen molar-refractivity contribution in [3.63, 3.8) is 0 Å². The second-order valence-corrected chi connectivity index (χ2v) is 9.18. The Morgan fingerprint density at radius 3 is 2.59 bits per heavy atom. The lowest BCUT2D eigenvalue weighted by molar-refractivity contribution is -0.144. The molecule has 32 heavy (non-hydrogen) atoms. The molecule has 0 radical (unpaired) electrons. The van der Waals surface area contributed by atoms with E-state index in [9.17, 15) is 24.3 Å². The lowest BCUT2D eigenvalue weighted by Crippen LogP contribution is -2.55. The Labute approximate surface area is 190 Å². The van der Waals surface area contributed by atoms with Crippen LogP contribution >= 0.6 is 11.8 Å². The molecule has 0 fully saturated rings. The highest BCUT2D eigenvalue weighted by molar-refractivity contribution is 7.98. The number of carbonyl (C=O) groups is 4. The number of amides is 2. The number of aryl methyl sites for hydroxylation is 1. The van der Waals surface area contributed by atoms with Gasteiger partial charge in [0.2, 0.25) is 5.91 Å². The standard InChI is InChI=1S/C21H28N2O8S/c1-11-6-7-15(24)12-9-32-10-14(18(26)29-5)22-17(25)13(8-30-19(27)16(11)12)23-20(28)31-21(2,3)4/h6-7,13-14,24H,8-10H2,1-5H3,(H,22,25)(H,23,28)/t13-,14-/m0/s1. The van der Waals surface area contributed by atoms with Crippen molar-refractivity contribution in [2.45, 2.75) is 51.1 Å². The largest absolute Gasteiger partial charge is 0.508 e. The fourth-order valence-corrected chi connectivity index (χ4v) is 3.98. The number of thioether (sulfide) groups is 1. The molecule has 0 aliphatic carbocycles. The minimum Gasteiger partial charge on any atom is -0.508 e. The molecule has 3 N–H and O–H groups in total. The first kappa shape index (κ1) is 25.3. The summed E-state index contributed by atoms with van der Waals surface area (Å²) in [6, 6.07) is 0.699. The van der Waals surface area contributed by atoms with Gasteiger partial charge in [0.15, 0.2) is 0 Å². The highest BCUT2D eigenvalue weighted by Gasteiger charge is 2.31. The average Bonchev–Trinajstić information content (AvgIpc) is 2.69. The summed E-state index contributed by atoms with van der Waals surface area (Å²) in [5, 5.41) is 15.2. The van der Waals surface area contributed by atoms with E-state index in [4.69, 9.17) is 14.2 Å². The van der Waals surface area contributed by atoms with Crippen LogP contribution in [-0.2, 0) is 29.6 Å². The number of benzene rings is 1. The van der Waals surface area contributed by atoms with E-state index < -0.39 is 48.2 Å². The van der Waals surface area contributed by atoms with Gasteiger partial charge < -0.3 is 30.0 Å². The molecule has 11 heteroatoms. The molecule has 0 aromatic heterocycles. The number of hydrogen-bond donors (Lipinski definition) is 3. The van der Waals surface area contributed by atoms with Gasteiger partial charge in [-0.2, -0.15) is 11.8 Å². The molecule has 0 bridgehead atoms. The fourth-order valence-electron chi connectivity index (χ4n) is 2.91. The number of ether oxygens (including phenoxy) is 3. The number of phenolic OH excluding ortho intramolecular Hbond substituents is 1. The Kier molecular flexibility index (Phi) is 8.37. The number of fused-ring (bicyclic) bond motifs is 1. The van der Waals surface area contributed by atoms with E-state index >= 15 is 0 Å². The van der Waals surface area contributed by atoms with Crippen molar-refractivity contribution in [1.29, 1.82) is 0 Å². The highest BCUT2D eigenvalue weighted by Crippen LogP contribution is 2.29. The first-order valence-electron chi connectivity index (χ1n) is 9.87. The Morgan fingerprint density at radius 2 is 1.97 bits per heavy atom. The van der Waals surface area contributed by atoms with Gasteiger partial charge >= 0.3 is 18.0 Å². The zero-order valence-electron chi connectivity index (χ0n) is 18.6. The quantitative estimate of drug-likeness (QED) is 0.436. The lowest BCUT2D eigenvalue weighted by Gasteiger charge is -2.25. The number of rotatable bonds is 2. The maximum Gasteiger partial charge on any atom is 0.408 e. The molecule has 176 valence electrons. The number of hydrogen-bond acceptors (Lipinski definition) is 9. The number of esters is 2.